The van der Waals surface area contributed by atoms with Crippen LogP contribution in [0.5, 0.6) is 0 Å². The summed E-state index contributed by atoms with van der Waals surface area (Å²) in [7, 11) is 0. The number of esters is 1. The fourth-order valence-corrected chi connectivity index (χ4v) is 10.0. The average Bonchev–Trinajstić information content (AvgIpc) is 3.23. The minimum absolute atomic E-state index is 0.0522. The number of hydrogen-bond donors (Lipinski definition) is 0. The maximum atomic E-state index is 12.6. The molecule has 4 aliphatic rings. The smallest absolute Gasteiger partial charge is 0.306 e. The van der Waals surface area contributed by atoms with E-state index in [1.807, 2.05) is 0 Å². The van der Waals surface area contributed by atoms with Gasteiger partial charge in [-0.05, 0) is 97.7 Å². The lowest BCUT2D eigenvalue weighted by Crippen LogP contribution is -2.51. The molecule has 0 unspecified atom stereocenters. The molecule has 0 bridgehead atoms. The van der Waals surface area contributed by atoms with Crippen molar-refractivity contribution in [1.29, 1.82) is 0 Å². The average molecular weight is 527 g/mol. The fourth-order valence-electron chi connectivity index (χ4n) is 10.0. The van der Waals surface area contributed by atoms with E-state index in [1.165, 1.54) is 89.9 Å². The largest absolute Gasteiger partial charge is 0.462 e. The number of fused-ring (bicyclic) bond motifs is 5. The van der Waals surface area contributed by atoms with Crippen LogP contribution in [0.4, 0.5) is 0 Å². The zero-order chi connectivity index (χ0) is 27.3. The van der Waals surface area contributed by atoms with E-state index in [0.29, 0.717) is 17.3 Å². The number of unbranched alkanes of at least 4 members (excludes halogenated alkanes) is 5. The van der Waals surface area contributed by atoms with Crippen LogP contribution in [-0.2, 0) is 9.53 Å². The summed E-state index contributed by atoms with van der Waals surface area (Å²) in [6, 6.07) is 0. The van der Waals surface area contributed by atoms with E-state index in [-0.39, 0.29) is 12.1 Å². The standard InChI is InChI=1S/C36H62O2/c1-7-8-9-10-11-12-16-34(37)38-29-21-23-35(5)28(25-29)17-18-30-32-20-19-31(27(4)15-13-14-26(2)3)36(32,6)24-22-33(30)35/h17,26-27,29-33H,7-16,18-25H2,1-6H3/t27-,29-,30-,31+,32-,33-,35-,36+/m0/s1. The molecule has 0 saturated heterocycles. The van der Waals surface area contributed by atoms with Gasteiger partial charge in [0.25, 0.3) is 0 Å². The second kappa shape index (κ2) is 13.2. The highest BCUT2D eigenvalue weighted by Gasteiger charge is 2.59. The molecule has 0 N–H and O–H groups in total. The number of ether oxygens (including phenoxy) is 1. The molecule has 0 aromatic heterocycles. The van der Waals surface area contributed by atoms with Crippen LogP contribution in [0, 0.1) is 46.3 Å². The first kappa shape index (κ1) is 30.2. The lowest BCUT2D eigenvalue weighted by atomic mass is 9.47. The summed E-state index contributed by atoms with van der Waals surface area (Å²) in [5, 5.41) is 0. The summed E-state index contributed by atoms with van der Waals surface area (Å²) in [5.41, 5.74) is 2.54. The van der Waals surface area contributed by atoms with E-state index in [1.54, 1.807) is 5.57 Å². The van der Waals surface area contributed by atoms with Crippen LogP contribution in [0.25, 0.3) is 0 Å². The van der Waals surface area contributed by atoms with Crippen molar-refractivity contribution in [2.45, 2.75) is 163 Å². The van der Waals surface area contributed by atoms with Crippen LogP contribution in [0.2, 0.25) is 0 Å². The monoisotopic (exact) mass is 526 g/mol. The van der Waals surface area contributed by atoms with E-state index in [4.69, 9.17) is 4.74 Å². The van der Waals surface area contributed by atoms with Crippen LogP contribution >= 0.6 is 0 Å². The first-order valence-corrected chi connectivity index (χ1v) is 17.1. The van der Waals surface area contributed by atoms with Gasteiger partial charge in [0.05, 0.1) is 0 Å². The van der Waals surface area contributed by atoms with Gasteiger partial charge in [-0.1, -0.05) is 105 Å². The molecule has 4 aliphatic carbocycles. The molecular weight excluding hydrogens is 464 g/mol. The van der Waals surface area contributed by atoms with Crippen molar-refractivity contribution >= 4 is 5.97 Å². The van der Waals surface area contributed by atoms with Crippen molar-refractivity contribution in [3.05, 3.63) is 11.6 Å². The third-order valence-electron chi connectivity index (χ3n) is 12.3. The maximum absolute atomic E-state index is 12.6. The molecular formula is C36H62O2. The highest BCUT2D eigenvalue weighted by atomic mass is 16.5. The quantitative estimate of drug-likeness (QED) is 0.135. The van der Waals surface area contributed by atoms with Gasteiger partial charge in [-0.15, -0.1) is 0 Å². The zero-order valence-corrected chi connectivity index (χ0v) is 26.2. The Morgan fingerprint density at radius 1 is 0.921 bits per heavy atom. The molecule has 38 heavy (non-hydrogen) atoms. The van der Waals surface area contributed by atoms with E-state index in [9.17, 15) is 4.79 Å². The second-order valence-electron chi connectivity index (χ2n) is 15.2. The molecule has 3 fully saturated rings. The zero-order valence-electron chi connectivity index (χ0n) is 26.2. The first-order chi connectivity index (χ1) is 18.2. The number of hydrogen-bond acceptors (Lipinski definition) is 2. The molecule has 3 saturated carbocycles. The Balaban J connectivity index is 1.31. The van der Waals surface area contributed by atoms with Gasteiger partial charge in [-0.2, -0.15) is 0 Å². The lowest BCUT2D eigenvalue weighted by Gasteiger charge is -2.58. The van der Waals surface area contributed by atoms with Crippen LogP contribution in [-0.4, -0.2) is 12.1 Å². The highest BCUT2D eigenvalue weighted by Crippen LogP contribution is 2.67. The Bertz CT molecular complexity index is 797. The Kier molecular flexibility index (Phi) is 10.5. The maximum Gasteiger partial charge on any atom is 0.306 e. The summed E-state index contributed by atoms with van der Waals surface area (Å²) in [5.74, 6) is 5.34. The van der Waals surface area contributed by atoms with E-state index in [0.717, 1.165) is 54.8 Å². The predicted molar refractivity (Wildman–Crippen MR) is 161 cm³/mol. The Morgan fingerprint density at radius 3 is 2.45 bits per heavy atom. The summed E-state index contributed by atoms with van der Waals surface area (Å²) in [6.07, 6.45) is 25.3. The van der Waals surface area contributed by atoms with Gasteiger partial charge in [0.15, 0.2) is 0 Å². The van der Waals surface area contributed by atoms with Crippen molar-refractivity contribution < 1.29 is 9.53 Å². The minimum Gasteiger partial charge on any atom is -0.462 e. The van der Waals surface area contributed by atoms with Gasteiger partial charge in [-0.3, -0.25) is 4.79 Å². The fraction of sp³-hybridized carbons (Fsp3) is 0.917. The first-order valence-electron chi connectivity index (χ1n) is 17.1. The van der Waals surface area contributed by atoms with Gasteiger partial charge < -0.3 is 4.74 Å². The molecule has 0 aliphatic heterocycles. The summed E-state index contributed by atoms with van der Waals surface area (Å²) >= 11 is 0. The van der Waals surface area contributed by atoms with Gasteiger partial charge in [0, 0.05) is 12.8 Å². The predicted octanol–water partition coefficient (Wildman–Crippen LogP) is 10.7. The number of rotatable bonds is 13. The molecule has 0 heterocycles. The lowest BCUT2D eigenvalue weighted by molar-refractivity contribution is -0.151. The molecule has 0 spiro atoms. The summed E-state index contributed by atoms with van der Waals surface area (Å²) in [6.45, 7) is 14.9. The van der Waals surface area contributed by atoms with E-state index in [2.05, 4.69) is 47.6 Å². The van der Waals surface area contributed by atoms with E-state index >= 15 is 0 Å². The molecule has 0 radical (unpaired) electrons. The SMILES string of the molecule is CCCCCCCCC(=O)O[C@H]1CC[C@@]2(C)C(=CC[C@H]3[C@@H]4CC[C@H]([C@@H](C)CCCC(C)C)[C@@]4(C)CC[C@@H]32)C1. The Labute approximate surface area is 236 Å². The summed E-state index contributed by atoms with van der Waals surface area (Å²) < 4.78 is 6.04. The van der Waals surface area contributed by atoms with Gasteiger partial charge in [0.1, 0.15) is 6.10 Å². The van der Waals surface area contributed by atoms with Gasteiger partial charge in [-0.25, -0.2) is 0 Å². The third-order valence-corrected chi connectivity index (χ3v) is 12.3. The van der Waals surface area contributed by atoms with E-state index < -0.39 is 0 Å². The third kappa shape index (κ3) is 6.57. The van der Waals surface area contributed by atoms with Crippen LogP contribution < -0.4 is 0 Å². The van der Waals surface area contributed by atoms with Crippen molar-refractivity contribution in [3.8, 4) is 0 Å². The van der Waals surface area contributed by atoms with Crippen LogP contribution in [0.3, 0.4) is 0 Å². The molecule has 218 valence electrons. The number of allylic oxidation sites excluding steroid dienone is 1. The summed E-state index contributed by atoms with van der Waals surface area (Å²) in [4.78, 5) is 12.6. The molecule has 2 heteroatoms. The molecule has 4 rings (SSSR count). The molecule has 8 atom stereocenters. The molecule has 0 amide bonds. The van der Waals surface area contributed by atoms with Crippen molar-refractivity contribution in [3.63, 3.8) is 0 Å². The van der Waals surface area contributed by atoms with Gasteiger partial charge >= 0.3 is 5.97 Å². The highest BCUT2D eigenvalue weighted by molar-refractivity contribution is 5.69. The van der Waals surface area contributed by atoms with Gasteiger partial charge in [0.2, 0.25) is 0 Å². The Morgan fingerprint density at radius 2 is 1.68 bits per heavy atom. The molecule has 0 aromatic rings. The van der Waals surface area contributed by atoms with Crippen molar-refractivity contribution in [1.82, 2.24) is 0 Å². The topological polar surface area (TPSA) is 26.3 Å². The van der Waals surface area contributed by atoms with Crippen LogP contribution in [0.1, 0.15) is 157 Å². The second-order valence-corrected chi connectivity index (χ2v) is 15.2. The minimum atomic E-state index is 0.0522. The molecule has 0 aromatic carbocycles. The number of carbonyl (C=O) groups excluding carboxylic acids is 1. The number of carbonyl (C=O) groups is 1. The Hall–Kier alpha value is -0.790. The van der Waals surface area contributed by atoms with Crippen molar-refractivity contribution in [2.75, 3.05) is 0 Å². The van der Waals surface area contributed by atoms with Crippen molar-refractivity contribution in [2.24, 2.45) is 46.3 Å². The van der Waals surface area contributed by atoms with Crippen LogP contribution in [0.15, 0.2) is 11.6 Å². The molecule has 2 nitrogen and oxygen atoms in total. The normalized spacial score (nSPS) is 37.2.